The fourth-order valence-electron chi connectivity index (χ4n) is 3.91. The first-order chi connectivity index (χ1) is 14.0. The molecule has 1 fully saturated rings. The van der Waals surface area contributed by atoms with Crippen LogP contribution in [0.4, 0.5) is 5.69 Å². The van der Waals surface area contributed by atoms with Gasteiger partial charge in [-0.2, -0.15) is 0 Å². The number of hydrogen-bond acceptors (Lipinski definition) is 3. The van der Waals surface area contributed by atoms with Crippen LogP contribution >= 0.6 is 11.8 Å². The Morgan fingerprint density at radius 2 is 1.90 bits per heavy atom. The van der Waals surface area contributed by atoms with E-state index < -0.39 is 0 Å². The first-order valence-corrected chi connectivity index (χ1v) is 11.5. The van der Waals surface area contributed by atoms with Gasteiger partial charge in [-0.25, -0.2) is 0 Å². The summed E-state index contributed by atoms with van der Waals surface area (Å²) in [4.78, 5) is 6.07. The van der Waals surface area contributed by atoms with Crippen molar-refractivity contribution in [1.29, 1.82) is 0 Å². The summed E-state index contributed by atoms with van der Waals surface area (Å²) < 4.78 is 0. The lowest BCUT2D eigenvalue weighted by atomic mass is 9.81. The smallest absolute Gasteiger partial charge is 0.0464 e. The first kappa shape index (κ1) is 19.8. The lowest BCUT2D eigenvalue weighted by Crippen LogP contribution is -2.12. The number of thioether (sulfide) groups is 1. The fraction of sp³-hybridized carbons (Fsp3) is 0.269. The quantitative estimate of drug-likeness (QED) is 0.435. The van der Waals surface area contributed by atoms with Gasteiger partial charge in [0, 0.05) is 39.7 Å². The molecule has 1 heterocycles. The summed E-state index contributed by atoms with van der Waals surface area (Å²) in [6.07, 6.45) is 8.04. The molecule has 3 aromatic rings. The van der Waals surface area contributed by atoms with Crippen LogP contribution in [0.3, 0.4) is 0 Å². The Hall–Kier alpha value is -2.52. The maximum Gasteiger partial charge on any atom is 0.0464 e. The second-order valence-electron chi connectivity index (χ2n) is 7.92. The summed E-state index contributed by atoms with van der Waals surface area (Å²) in [5, 5.41) is 3.49. The number of rotatable bonds is 6. The third-order valence-corrected chi connectivity index (χ3v) is 6.60. The van der Waals surface area contributed by atoms with Crippen molar-refractivity contribution in [3.05, 3.63) is 83.7 Å². The van der Waals surface area contributed by atoms with Gasteiger partial charge in [0.25, 0.3) is 0 Å². The van der Waals surface area contributed by atoms with Crippen LogP contribution in [0.5, 0.6) is 0 Å². The van der Waals surface area contributed by atoms with Gasteiger partial charge < -0.3 is 5.32 Å². The SMILES string of the molecule is C=C(Nc1ccc(C)c(-c2cnc(C3CCC3)c(C)c2)c1)c1cccc(SC)c1. The molecule has 0 spiro atoms. The van der Waals surface area contributed by atoms with Gasteiger partial charge in [-0.05, 0) is 85.5 Å². The molecule has 4 rings (SSSR count). The largest absolute Gasteiger partial charge is 0.356 e. The predicted octanol–water partition coefficient (Wildman–Crippen LogP) is 7.44. The van der Waals surface area contributed by atoms with Crippen LogP contribution in [0, 0.1) is 13.8 Å². The van der Waals surface area contributed by atoms with Gasteiger partial charge in [0.1, 0.15) is 0 Å². The molecular weight excluding hydrogens is 372 g/mol. The molecule has 1 aliphatic carbocycles. The van der Waals surface area contributed by atoms with Crippen LogP contribution in [-0.4, -0.2) is 11.2 Å². The van der Waals surface area contributed by atoms with Crippen molar-refractivity contribution in [1.82, 2.24) is 4.98 Å². The number of anilines is 1. The van der Waals surface area contributed by atoms with Crippen LogP contribution in [-0.2, 0) is 0 Å². The number of aromatic nitrogens is 1. The zero-order valence-electron chi connectivity index (χ0n) is 17.5. The van der Waals surface area contributed by atoms with Gasteiger partial charge in [0.2, 0.25) is 0 Å². The van der Waals surface area contributed by atoms with Gasteiger partial charge in [-0.15, -0.1) is 11.8 Å². The van der Waals surface area contributed by atoms with Crippen molar-refractivity contribution < 1.29 is 0 Å². The third-order valence-electron chi connectivity index (χ3n) is 5.87. The monoisotopic (exact) mass is 400 g/mol. The fourth-order valence-corrected chi connectivity index (χ4v) is 4.37. The van der Waals surface area contributed by atoms with E-state index in [1.54, 1.807) is 11.8 Å². The van der Waals surface area contributed by atoms with E-state index in [0.717, 1.165) is 16.9 Å². The number of aryl methyl sites for hydroxylation is 2. The Kier molecular flexibility index (Phi) is 5.77. The van der Waals surface area contributed by atoms with Crippen molar-refractivity contribution in [2.24, 2.45) is 0 Å². The molecule has 1 saturated carbocycles. The Morgan fingerprint density at radius 1 is 1.07 bits per heavy atom. The van der Waals surface area contributed by atoms with Crippen LogP contribution in [0.15, 0.2) is 66.2 Å². The van der Waals surface area contributed by atoms with Gasteiger partial charge >= 0.3 is 0 Å². The molecule has 1 aliphatic rings. The van der Waals surface area contributed by atoms with E-state index >= 15 is 0 Å². The van der Waals surface area contributed by atoms with Gasteiger partial charge in [-0.3, -0.25) is 4.98 Å². The van der Waals surface area contributed by atoms with E-state index in [1.807, 2.05) is 6.20 Å². The molecule has 0 atom stereocenters. The number of benzene rings is 2. The third kappa shape index (κ3) is 4.25. The second-order valence-corrected chi connectivity index (χ2v) is 8.80. The molecule has 0 radical (unpaired) electrons. The van der Waals surface area contributed by atoms with Crippen LogP contribution in [0.25, 0.3) is 16.8 Å². The molecule has 148 valence electrons. The maximum absolute atomic E-state index is 4.83. The molecular formula is C26H28N2S. The number of pyridine rings is 1. The van der Waals surface area contributed by atoms with Crippen molar-refractivity contribution >= 4 is 23.1 Å². The summed E-state index contributed by atoms with van der Waals surface area (Å²) in [6.45, 7) is 8.60. The maximum atomic E-state index is 4.83. The minimum atomic E-state index is 0.665. The van der Waals surface area contributed by atoms with E-state index in [-0.39, 0.29) is 0 Å². The lowest BCUT2D eigenvalue weighted by molar-refractivity contribution is 0.409. The molecule has 29 heavy (non-hydrogen) atoms. The second kappa shape index (κ2) is 8.46. The van der Waals surface area contributed by atoms with E-state index in [9.17, 15) is 0 Å². The Morgan fingerprint density at radius 3 is 2.59 bits per heavy atom. The summed E-state index contributed by atoms with van der Waals surface area (Å²) >= 11 is 1.74. The summed E-state index contributed by atoms with van der Waals surface area (Å²) in [7, 11) is 0. The Bertz CT molecular complexity index is 1050. The van der Waals surface area contributed by atoms with E-state index in [1.165, 1.54) is 52.1 Å². The van der Waals surface area contributed by atoms with Crippen LogP contribution in [0.1, 0.15) is 47.6 Å². The number of nitrogens with one attached hydrogen (secondary N) is 1. The molecule has 0 aliphatic heterocycles. The Balaban J connectivity index is 1.59. The molecule has 0 unspecified atom stereocenters. The Labute approximate surface area is 178 Å². The van der Waals surface area contributed by atoms with E-state index in [4.69, 9.17) is 4.98 Å². The van der Waals surface area contributed by atoms with E-state index in [0.29, 0.717) is 5.92 Å². The zero-order chi connectivity index (χ0) is 20.4. The van der Waals surface area contributed by atoms with Gasteiger partial charge in [-0.1, -0.05) is 31.2 Å². The van der Waals surface area contributed by atoms with Crippen molar-refractivity contribution in [2.75, 3.05) is 11.6 Å². The predicted molar refractivity (Wildman–Crippen MR) is 127 cm³/mol. The highest BCUT2D eigenvalue weighted by atomic mass is 32.2. The number of nitrogens with zero attached hydrogens (tertiary/aromatic N) is 1. The van der Waals surface area contributed by atoms with Crippen molar-refractivity contribution in [2.45, 2.75) is 43.9 Å². The average Bonchev–Trinajstić information content (AvgIpc) is 2.69. The van der Waals surface area contributed by atoms with Crippen molar-refractivity contribution in [3.63, 3.8) is 0 Å². The molecule has 0 amide bonds. The number of hydrogen-bond donors (Lipinski definition) is 1. The van der Waals surface area contributed by atoms with Crippen LogP contribution < -0.4 is 5.32 Å². The highest BCUT2D eigenvalue weighted by Crippen LogP contribution is 2.38. The summed E-state index contributed by atoms with van der Waals surface area (Å²) in [5.74, 6) is 0.665. The average molecular weight is 401 g/mol. The lowest BCUT2D eigenvalue weighted by Gasteiger charge is -2.26. The molecule has 2 nitrogen and oxygen atoms in total. The normalized spacial score (nSPS) is 13.8. The molecule has 1 aromatic heterocycles. The van der Waals surface area contributed by atoms with Crippen LogP contribution in [0.2, 0.25) is 0 Å². The summed E-state index contributed by atoms with van der Waals surface area (Å²) in [5.41, 5.74) is 9.32. The highest BCUT2D eigenvalue weighted by Gasteiger charge is 2.22. The molecule has 0 saturated heterocycles. The van der Waals surface area contributed by atoms with Gasteiger partial charge in [0.05, 0.1) is 0 Å². The molecule has 2 aromatic carbocycles. The topological polar surface area (TPSA) is 24.9 Å². The molecule has 3 heteroatoms. The minimum absolute atomic E-state index is 0.665. The molecule has 1 N–H and O–H groups in total. The van der Waals surface area contributed by atoms with Gasteiger partial charge in [0.15, 0.2) is 0 Å². The summed E-state index contributed by atoms with van der Waals surface area (Å²) in [6, 6.07) is 17.2. The van der Waals surface area contributed by atoms with Crippen molar-refractivity contribution in [3.8, 4) is 11.1 Å². The standard InChI is InChI=1S/C26H28N2S/c1-17-11-12-23(28-19(3)21-9-6-10-24(14-21)29-4)15-25(17)22-13-18(2)26(27-16-22)20-7-5-8-20/h6,9-16,20,28H,3,5,7-8H2,1-2,4H3. The highest BCUT2D eigenvalue weighted by molar-refractivity contribution is 7.98. The van der Waals surface area contributed by atoms with E-state index in [2.05, 4.69) is 80.5 Å². The minimum Gasteiger partial charge on any atom is -0.356 e. The first-order valence-electron chi connectivity index (χ1n) is 10.2. The zero-order valence-corrected chi connectivity index (χ0v) is 18.3. The molecule has 0 bridgehead atoms.